The van der Waals surface area contributed by atoms with E-state index in [1.54, 1.807) is 6.92 Å². The molecule has 4 saturated carbocycles. The number of carbonyl (C=O) groups excluding carboxylic acids is 2. The van der Waals surface area contributed by atoms with E-state index in [9.17, 15) is 9.59 Å². The van der Waals surface area contributed by atoms with Crippen LogP contribution in [0.4, 0.5) is 4.79 Å². The smallest absolute Gasteiger partial charge is 0.462 e. The summed E-state index contributed by atoms with van der Waals surface area (Å²) in [7, 11) is 0. The first-order valence-electron chi connectivity index (χ1n) is 8.74. The minimum atomic E-state index is -0.478. The number of esters is 1. The minimum absolute atomic E-state index is 0.00722. The minimum Gasteiger partial charge on any atom is -0.462 e. The molecule has 0 aromatic carbocycles. The van der Waals surface area contributed by atoms with Crippen LogP contribution in [0.15, 0.2) is 12.2 Å². The third-order valence-electron chi connectivity index (χ3n) is 7.21. The molecule has 4 aliphatic carbocycles. The van der Waals surface area contributed by atoms with Gasteiger partial charge in [0.15, 0.2) is 0 Å². The van der Waals surface area contributed by atoms with Crippen molar-refractivity contribution in [1.82, 2.24) is 0 Å². The zero-order valence-corrected chi connectivity index (χ0v) is 13.3. The van der Waals surface area contributed by atoms with Crippen molar-refractivity contribution in [3.05, 3.63) is 12.2 Å². The fourth-order valence-corrected chi connectivity index (χ4v) is 6.70. The predicted molar refractivity (Wildman–Crippen MR) is 79.2 cm³/mol. The quantitative estimate of drug-likeness (QED) is 0.455. The first-order chi connectivity index (χ1) is 11.0. The van der Waals surface area contributed by atoms with E-state index in [4.69, 9.17) is 14.2 Å². The van der Waals surface area contributed by atoms with E-state index in [2.05, 4.69) is 6.58 Å². The Labute approximate surface area is 135 Å². The van der Waals surface area contributed by atoms with Crippen LogP contribution >= 0.6 is 0 Å². The van der Waals surface area contributed by atoms with Crippen molar-refractivity contribution in [2.24, 2.45) is 41.4 Å². The zero-order valence-electron chi connectivity index (χ0n) is 13.3. The molecular formula is C18H22O5. The summed E-state index contributed by atoms with van der Waals surface area (Å²) in [5, 5.41) is 0. The van der Waals surface area contributed by atoms with Crippen LogP contribution in [0.2, 0.25) is 0 Å². The Kier molecular flexibility index (Phi) is 2.73. The molecule has 5 nitrogen and oxygen atoms in total. The summed E-state index contributed by atoms with van der Waals surface area (Å²) < 4.78 is 16.3. The van der Waals surface area contributed by atoms with Crippen LogP contribution < -0.4 is 0 Å². The number of hydrogen-bond donors (Lipinski definition) is 0. The Morgan fingerprint density at radius 1 is 1.13 bits per heavy atom. The van der Waals surface area contributed by atoms with Gasteiger partial charge in [-0.1, -0.05) is 6.58 Å². The summed E-state index contributed by atoms with van der Waals surface area (Å²) in [6.07, 6.45) is 3.03. The second-order valence-corrected chi connectivity index (χ2v) is 8.17. The van der Waals surface area contributed by atoms with Crippen LogP contribution in [0.5, 0.6) is 0 Å². The Bertz CT molecular complexity index is 598. The fourth-order valence-electron chi connectivity index (χ4n) is 6.70. The Hall–Kier alpha value is -1.52. The third-order valence-corrected chi connectivity index (χ3v) is 7.21. The highest BCUT2D eigenvalue weighted by molar-refractivity contribution is 5.86. The second kappa shape index (κ2) is 4.52. The highest BCUT2D eigenvalue weighted by Crippen LogP contribution is 2.70. The number of ether oxygens (including phenoxy) is 3. The predicted octanol–water partition coefficient (Wildman–Crippen LogP) is 2.55. The summed E-state index contributed by atoms with van der Waals surface area (Å²) in [5.74, 6) is 3.76. The number of fused-ring (bicyclic) bond motifs is 12. The van der Waals surface area contributed by atoms with Crippen LogP contribution in [0.1, 0.15) is 26.2 Å². The van der Waals surface area contributed by atoms with Crippen molar-refractivity contribution in [2.45, 2.75) is 38.4 Å². The first-order valence-corrected chi connectivity index (χ1v) is 8.74. The van der Waals surface area contributed by atoms with Gasteiger partial charge in [-0.25, -0.2) is 9.59 Å². The summed E-state index contributed by atoms with van der Waals surface area (Å²) in [4.78, 5) is 23.1. The van der Waals surface area contributed by atoms with Crippen molar-refractivity contribution in [1.29, 1.82) is 0 Å². The molecule has 1 saturated heterocycles. The van der Waals surface area contributed by atoms with E-state index in [1.807, 2.05) is 0 Å². The molecule has 0 aromatic heterocycles. The summed E-state index contributed by atoms with van der Waals surface area (Å²) >= 11 is 0. The van der Waals surface area contributed by atoms with Crippen molar-refractivity contribution >= 4 is 12.1 Å². The van der Waals surface area contributed by atoms with Gasteiger partial charge in [-0.15, -0.1) is 0 Å². The van der Waals surface area contributed by atoms with Crippen molar-refractivity contribution in [3.8, 4) is 0 Å². The Morgan fingerprint density at radius 3 is 2.52 bits per heavy atom. The molecule has 0 aromatic rings. The largest absolute Gasteiger partial charge is 0.509 e. The molecule has 5 rings (SSSR count). The lowest BCUT2D eigenvalue weighted by Gasteiger charge is -2.41. The first kappa shape index (κ1) is 13.9. The highest BCUT2D eigenvalue weighted by Gasteiger charge is 2.71. The number of hydrogen-bond acceptors (Lipinski definition) is 5. The molecular weight excluding hydrogens is 296 g/mol. The molecule has 0 radical (unpaired) electrons. The van der Waals surface area contributed by atoms with Gasteiger partial charge in [0.1, 0.15) is 12.2 Å². The van der Waals surface area contributed by atoms with Gasteiger partial charge in [0.25, 0.3) is 0 Å². The molecule has 1 aliphatic heterocycles. The molecule has 1 heterocycles. The second-order valence-electron chi connectivity index (χ2n) is 8.17. The van der Waals surface area contributed by atoms with Gasteiger partial charge in [0.2, 0.25) is 0 Å². The van der Waals surface area contributed by atoms with Crippen molar-refractivity contribution in [2.75, 3.05) is 6.61 Å². The highest BCUT2D eigenvalue weighted by atomic mass is 16.8. The molecule has 5 fully saturated rings. The van der Waals surface area contributed by atoms with E-state index in [1.165, 1.54) is 6.42 Å². The molecule has 5 aliphatic rings. The lowest BCUT2D eigenvalue weighted by molar-refractivity contribution is -0.141. The van der Waals surface area contributed by atoms with E-state index in [0.717, 1.165) is 12.8 Å². The molecule has 4 bridgehead atoms. The lowest BCUT2D eigenvalue weighted by atomic mass is 9.66. The van der Waals surface area contributed by atoms with E-state index in [-0.39, 0.29) is 18.2 Å². The Morgan fingerprint density at radius 2 is 1.83 bits per heavy atom. The zero-order chi connectivity index (χ0) is 15.9. The average Bonchev–Trinajstić information content (AvgIpc) is 3.25. The molecule has 9 atom stereocenters. The molecule has 124 valence electrons. The maximum atomic E-state index is 11.7. The SMILES string of the molecule is C=C(C)C(=O)OCC1CC2CC1C1C3CC(C4OC(=O)OC34)C21. The van der Waals surface area contributed by atoms with Gasteiger partial charge >= 0.3 is 12.1 Å². The topological polar surface area (TPSA) is 61.8 Å². The van der Waals surface area contributed by atoms with Gasteiger partial charge in [-0.05, 0) is 55.8 Å². The molecule has 9 unspecified atom stereocenters. The lowest BCUT2D eigenvalue weighted by Crippen LogP contribution is -2.44. The third kappa shape index (κ3) is 1.74. The molecule has 0 amide bonds. The van der Waals surface area contributed by atoms with Crippen LogP contribution in [-0.4, -0.2) is 30.9 Å². The van der Waals surface area contributed by atoms with Crippen LogP contribution in [0.3, 0.4) is 0 Å². The number of rotatable bonds is 3. The van der Waals surface area contributed by atoms with Crippen molar-refractivity contribution in [3.63, 3.8) is 0 Å². The Balaban J connectivity index is 1.32. The van der Waals surface area contributed by atoms with Gasteiger partial charge in [-0.3, -0.25) is 0 Å². The maximum Gasteiger partial charge on any atom is 0.509 e. The molecule has 0 spiro atoms. The fraction of sp³-hybridized carbons (Fsp3) is 0.778. The summed E-state index contributed by atoms with van der Waals surface area (Å²) in [6.45, 7) is 5.83. The summed E-state index contributed by atoms with van der Waals surface area (Å²) in [5.41, 5.74) is 0.462. The molecule has 23 heavy (non-hydrogen) atoms. The monoisotopic (exact) mass is 318 g/mol. The van der Waals surface area contributed by atoms with Crippen LogP contribution in [0, 0.1) is 41.4 Å². The molecule has 0 N–H and O–H groups in total. The van der Waals surface area contributed by atoms with E-state index >= 15 is 0 Å². The normalized spacial score (nSPS) is 51.2. The standard InChI is InChI=1S/C18H22O5/c1-7(2)17(19)21-6-9-3-8-4-10(9)14-12-5-11(13(8)14)15-16(12)23-18(20)22-15/h8-16H,1,3-6H2,2H3. The van der Waals surface area contributed by atoms with E-state index < -0.39 is 6.16 Å². The van der Waals surface area contributed by atoms with Gasteiger partial charge in [0, 0.05) is 17.4 Å². The van der Waals surface area contributed by atoms with Crippen molar-refractivity contribution < 1.29 is 23.8 Å². The van der Waals surface area contributed by atoms with Gasteiger partial charge in [0.05, 0.1) is 6.61 Å². The van der Waals surface area contributed by atoms with Gasteiger partial charge in [-0.2, -0.15) is 0 Å². The van der Waals surface area contributed by atoms with Crippen LogP contribution in [-0.2, 0) is 19.0 Å². The van der Waals surface area contributed by atoms with E-state index in [0.29, 0.717) is 53.6 Å². The number of carbonyl (C=O) groups is 2. The molecule has 5 heteroatoms. The average molecular weight is 318 g/mol. The maximum absolute atomic E-state index is 11.7. The van der Waals surface area contributed by atoms with Gasteiger partial charge < -0.3 is 14.2 Å². The van der Waals surface area contributed by atoms with Crippen LogP contribution in [0.25, 0.3) is 0 Å². The summed E-state index contributed by atoms with van der Waals surface area (Å²) in [6, 6.07) is 0.